The van der Waals surface area contributed by atoms with Crippen molar-refractivity contribution in [2.24, 2.45) is 5.73 Å². The van der Waals surface area contributed by atoms with E-state index in [1.54, 1.807) is 18.5 Å². The molecule has 0 aliphatic heterocycles. The molecule has 0 aliphatic rings. The summed E-state index contributed by atoms with van der Waals surface area (Å²) in [5.74, 6) is -0.253. The van der Waals surface area contributed by atoms with E-state index < -0.39 is 0 Å². The van der Waals surface area contributed by atoms with E-state index in [0.29, 0.717) is 6.42 Å². The van der Waals surface area contributed by atoms with E-state index in [1.807, 2.05) is 13.0 Å². The molecule has 2 nitrogen and oxygen atoms in total. The third-order valence-electron chi connectivity index (χ3n) is 2.93. The topological polar surface area (TPSA) is 38.9 Å². The smallest absolute Gasteiger partial charge is 0.124 e. The van der Waals surface area contributed by atoms with Crippen molar-refractivity contribution in [3.05, 3.63) is 63.6 Å². The zero-order chi connectivity index (χ0) is 13.1. The van der Waals surface area contributed by atoms with Crippen LogP contribution in [0.1, 0.15) is 22.7 Å². The Bertz CT molecular complexity index is 557. The summed E-state index contributed by atoms with van der Waals surface area (Å²) >= 11 is 3.36. The Labute approximate surface area is 114 Å². The Hall–Kier alpha value is -1.26. The molecule has 94 valence electrons. The number of nitrogens with two attached hydrogens (primary N) is 1. The molecule has 0 bridgehead atoms. The van der Waals surface area contributed by atoms with Gasteiger partial charge in [-0.3, -0.25) is 4.98 Å². The first-order chi connectivity index (χ1) is 8.58. The summed E-state index contributed by atoms with van der Waals surface area (Å²) in [4.78, 5) is 4.09. The standard InChI is InChI=1S/C14H14BrFN2/c1-9-4-5-18-8-12(9)14(17)6-10-2-3-11(16)7-13(10)15/h2-5,7-8,14H,6,17H2,1H3. The summed E-state index contributed by atoms with van der Waals surface area (Å²) in [5, 5.41) is 0. The van der Waals surface area contributed by atoms with Crippen molar-refractivity contribution in [2.75, 3.05) is 0 Å². The van der Waals surface area contributed by atoms with Gasteiger partial charge in [-0.25, -0.2) is 4.39 Å². The minimum Gasteiger partial charge on any atom is -0.324 e. The fourth-order valence-corrected chi connectivity index (χ4v) is 2.41. The molecular weight excluding hydrogens is 295 g/mol. The lowest BCUT2D eigenvalue weighted by atomic mass is 9.98. The van der Waals surface area contributed by atoms with E-state index in [4.69, 9.17) is 5.73 Å². The maximum atomic E-state index is 13.0. The van der Waals surface area contributed by atoms with Crippen LogP contribution in [0.15, 0.2) is 41.1 Å². The van der Waals surface area contributed by atoms with E-state index in [0.717, 1.165) is 21.2 Å². The SMILES string of the molecule is Cc1ccncc1C(N)Cc1ccc(F)cc1Br. The highest BCUT2D eigenvalue weighted by atomic mass is 79.9. The fraction of sp³-hybridized carbons (Fsp3) is 0.214. The summed E-state index contributed by atoms with van der Waals surface area (Å²) in [7, 11) is 0. The minimum atomic E-state index is -0.253. The number of benzene rings is 1. The molecule has 2 aromatic rings. The summed E-state index contributed by atoms with van der Waals surface area (Å²) in [5.41, 5.74) is 9.32. The van der Waals surface area contributed by atoms with Crippen LogP contribution in [-0.4, -0.2) is 4.98 Å². The lowest BCUT2D eigenvalue weighted by Gasteiger charge is -2.15. The molecule has 0 spiro atoms. The van der Waals surface area contributed by atoms with Crippen molar-refractivity contribution in [1.29, 1.82) is 0 Å². The molecule has 0 amide bonds. The van der Waals surface area contributed by atoms with Crippen LogP contribution in [0, 0.1) is 12.7 Å². The molecule has 1 atom stereocenters. The molecule has 1 aromatic carbocycles. The Morgan fingerprint density at radius 1 is 1.39 bits per heavy atom. The number of hydrogen-bond acceptors (Lipinski definition) is 2. The quantitative estimate of drug-likeness (QED) is 0.942. The van der Waals surface area contributed by atoms with Crippen LogP contribution in [-0.2, 0) is 6.42 Å². The Morgan fingerprint density at radius 3 is 2.83 bits per heavy atom. The first kappa shape index (κ1) is 13.2. The molecule has 0 saturated carbocycles. The van der Waals surface area contributed by atoms with Crippen molar-refractivity contribution < 1.29 is 4.39 Å². The van der Waals surface area contributed by atoms with Gasteiger partial charge in [0.05, 0.1) is 0 Å². The molecule has 2 N–H and O–H groups in total. The summed E-state index contributed by atoms with van der Waals surface area (Å²) in [6.45, 7) is 2.01. The molecular formula is C14H14BrFN2. The van der Waals surface area contributed by atoms with E-state index in [1.165, 1.54) is 12.1 Å². The summed E-state index contributed by atoms with van der Waals surface area (Å²) in [6.07, 6.45) is 4.18. The molecule has 1 aromatic heterocycles. The average molecular weight is 309 g/mol. The zero-order valence-corrected chi connectivity index (χ0v) is 11.6. The van der Waals surface area contributed by atoms with Gasteiger partial charge in [-0.15, -0.1) is 0 Å². The predicted molar refractivity (Wildman–Crippen MR) is 73.7 cm³/mol. The number of aryl methyl sites for hydroxylation is 1. The monoisotopic (exact) mass is 308 g/mol. The molecule has 4 heteroatoms. The van der Waals surface area contributed by atoms with Crippen LogP contribution in [0.3, 0.4) is 0 Å². The van der Waals surface area contributed by atoms with Crippen molar-refractivity contribution in [1.82, 2.24) is 4.98 Å². The lowest BCUT2D eigenvalue weighted by Crippen LogP contribution is -2.15. The van der Waals surface area contributed by atoms with Crippen molar-refractivity contribution in [2.45, 2.75) is 19.4 Å². The highest BCUT2D eigenvalue weighted by Crippen LogP contribution is 2.24. The van der Waals surface area contributed by atoms with Gasteiger partial charge in [-0.2, -0.15) is 0 Å². The Kier molecular flexibility index (Phi) is 4.09. The van der Waals surface area contributed by atoms with Crippen LogP contribution in [0.5, 0.6) is 0 Å². The molecule has 18 heavy (non-hydrogen) atoms. The minimum absolute atomic E-state index is 0.138. The average Bonchev–Trinajstić information content (AvgIpc) is 2.33. The largest absolute Gasteiger partial charge is 0.324 e. The van der Waals surface area contributed by atoms with Gasteiger partial charge < -0.3 is 5.73 Å². The molecule has 1 unspecified atom stereocenters. The summed E-state index contributed by atoms with van der Waals surface area (Å²) in [6, 6.07) is 6.46. The van der Waals surface area contributed by atoms with Crippen molar-refractivity contribution in [3.8, 4) is 0 Å². The second kappa shape index (κ2) is 5.59. The van der Waals surface area contributed by atoms with E-state index in [-0.39, 0.29) is 11.9 Å². The number of aromatic nitrogens is 1. The first-order valence-corrected chi connectivity index (χ1v) is 6.47. The number of nitrogens with zero attached hydrogens (tertiary/aromatic N) is 1. The molecule has 1 heterocycles. The molecule has 0 aliphatic carbocycles. The highest BCUT2D eigenvalue weighted by molar-refractivity contribution is 9.10. The van der Waals surface area contributed by atoms with Gasteiger partial charge >= 0.3 is 0 Å². The van der Waals surface area contributed by atoms with Gasteiger partial charge in [0.1, 0.15) is 5.82 Å². The molecule has 0 fully saturated rings. The number of halogens is 2. The Morgan fingerprint density at radius 2 is 2.17 bits per heavy atom. The van der Waals surface area contributed by atoms with Crippen molar-refractivity contribution >= 4 is 15.9 Å². The lowest BCUT2D eigenvalue weighted by molar-refractivity contribution is 0.624. The van der Waals surface area contributed by atoms with Crippen LogP contribution in [0.25, 0.3) is 0 Å². The molecule has 0 radical (unpaired) electrons. The maximum Gasteiger partial charge on any atom is 0.124 e. The normalized spacial score (nSPS) is 12.4. The first-order valence-electron chi connectivity index (χ1n) is 5.68. The van der Waals surface area contributed by atoms with Crippen molar-refractivity contribution in [3.63, 3.8) is 0 Å². The number of rotatable bonds is 3. The predicted octanol–water partition coefficient (Wildman–Crippen LogP) is 3.53. The van der Waals surface area contributed by atoms with E-state index in [2.05, 4.69) is 20.9 Å². The van der Waals surface area contributed by atoms with Gasteiger partial charge in [0.15, 0.2) is 0 Å². The zero-order valence-electron chi connectivity index (χ0n) is 10.0. The van der Waals surface area contributed by atoms with Crippen LogP contribution < -0.4 is 5.73 Å². The van der Waals surface area contributed by atoms with E-state index >= 15 is 0 Å². The molecule has 2 rings (SSSR count). The van der Waals surface area contributed by atoms with Gasteiger partial charge in [0.25, 0.3) is 0 Å². The number of pyridine rings is 1. The fourth-order valence-electron chi connectivity index (χ4n) is 1.90. The van der Waals surface area contributed by atoms with Gasteiger partial charge in [0.2, 0.25) is 0 Å². The van der Waals surface area contributed by atoms with Crippen LogP contribution >= 0.6 is 15.9 Å². The second-order valence-electron chi connectivity index (χ2n) is 4.28. The van der Waals surface area contributed by atoms with Crippen LogP contribution in [0.4, 0.5) is 4.39 Å². The van der Waals surface area contributed by atoms with Gasteiger partial charge in [-0.1, -0.05) is 22.0 Å². The van der Waals surface area contributed by atoms with Gasteiger partial charge in [-0.05, 0) is 48.2 Å². The third kappa shape index (κ3) is 2.94. The van der Waals surface area contributed by atoms with E-state index in [9.17, 15) is 4.39 Å². The number of hydrogen-bond donors (Lipinski definition) is 1. The summed E-state index contributed by atoms with van der Waals surface area (Å²) < 4.78 is 13.8. The van der Waals surface area contributed by atoms with Gasteiger partial charge in [0, 0.05) is 22.9 Å². The maximum absolute atomic E-state index is 13.0. The molecule has 0 saturated heterocycles. The second-order valence-corrected chi connectivity index (χ2v) is 5.13. The Balaban J connectivity index is 2.21. The third-order valence-corrected chi connectivity index (χ3v) is 3.67. The van der Waals surface area contributed by atoms with Crippen LogP contribution in [0.2, 0.25) is 0 Å². The highest BCUT2D eigenvalue weighted by Gasteiger charge is 2.12.